The van der Waals surface area contributed by atoms with Gasteiger partial charge in [0.05, 0.1) is 17.7 Å². The van der Waals surface area contributed by atoms with Crippen LogP contribution in [-0.2, 0) is 4.74 Å². The molecule has 2 aromatic rings. The zero-order chi connectivity index (χ0) is 11.5. The van der Waals surface area contributed by atoms with Crippen LogP contribution in [0.2, 0.25) is 5.02 Å². The number of halogens is 1. The molecule has 0 atom stereocenters. The molecule has 16 heavy (non-hydrogen) atoms. The summed E-state index contributed by atoms with van der Waals surface area (Å²) >= 11 is 5.96. The minimum atomic E-state index is -0.487. The molecule has 2 heterocycles. The number of rotatable bonds is 2. The van der Waals surface area contributed by atoms with Crippen LogP contribution in [0.1, 0.15) is 10.4 Å². The molecule has 0 radical (unpaired) electrons. The zero-order valence-corrected chi connectivity index (χ0v) is 9.05. The van der Waals surface area contributed by atoms with Gasteiger partial charge in [-0.05, 0) is 6.07 Å². The SMILES string of the molecule is COC(=O)c1cnc(-n2cncn2)c(Cl)c1. The number of ether oxygens (including phenoxy) is 1. The smallest absolute Gasteiger partial charge is 0.339 e. The van der Waals surface area contributed by atoms with Crippen LogP contribution in [0.25, 0.3) is 5.82 Å². The predicted molar refractivity (Wildman–Crippen MR) is 55.5 cm³/mol. The van der Waals surface area contributed by atoms with Gasteiger partial charge in [-0.15, -0.1) is 0 Å². The molecule has 0 aliphatic carbocycles. The number of methoxy groups -OCH3 is 1. The summed E-state index contributed by atoms with van der Waals surface area (Å²) in [6.07, 6.45) is 4.20. The number of hydrogen-bond acceptors (Lipinski definition) is 5. The summed E-state index contributed by atoms with van der Waals surface area (Å²) < 4.78 is 5.96. The summed E-state index contributed by atoms with van der Waals surface area (Å²) in [5.74, 6) is -0.0774. The third kappa shape index (κ3) is 1.87. The second-order valence-electron chi connectivity index (χ2n) is 2.86. The van der Waals surface area contributed by atoms with E-state index in [0.717, 1.165) is 0 Å². The first-order valence-corrected chi connectivity index (χ1v) is 4.69. The molecule has 0 N–H and O–H groups in total. The van der Waals surface area contributed by atoms with E-state index in [1.807, 2.05) is 0 Å². The molecule has 82 valence electrons. The van der Waals surface area contributed by atoms with E-state index in [1.165, 1.54) is 36.7 Å². The van der Waals surface area contributed by atoms with E-state index in [0.29, 0.717) is 10.8 Å². The van der Waals surface area contributed by atoms with Crippen LogP contribution in [0, 0.1) is 0 Å². The Morgan fingerprint density at radius 1 is 1.56 bits per heavy atom. The van der Waals surface area contributed by atoms with Crippen molar-refractivity contribution in [3.8, 4) is 5.82 Å². The van der Waals surface area contributed by atoms with E-state index >= 15 is 0 Å². The Hall–Kier alpha value is -1.95. The third-order valence-electron chi connectivity index (χ3n) is 1.88. The van der Waals surface area contributed by atoms with Gasteiger partial charge in [0.25, 0.3) is 0 Å². The average Bonchev–Trinajstić information content (AvgIpc) is 2.81. The maximum absolute atomic E-state index is 11.2. The molecule has 0 bridgehead atoms. The fourth-order valence-electron chi connectivity index (χ4n) is 1.15. The van der Waals surface area contributed by atoms with E-state index in [4.69, 9.17) is 11.6 Å². The van der Waals surface area contributed by atoms with Crippen molar-refractivity contribution in [2.45, 2.75) is 0 Å². The molecule has 0 fully saturated rings. The Labute approximate surface area is 95.8 Å². The number of pyridine rings is 1. The highest BCUT2D eigenvalue weighted by molar-refractivity contribution is 6.32. The van der Waals surface area contributed by atoms with Crippen molar-refractivity contribution in [3.05, 3.63) is 35.5 Å². The fraction of sp³-hybridized carbons (Fsp3) is 0.111. The van der Waals surface area contributed by atoms with Crippen LogP contribution in [0.4, 0.5) is 0 Å². The zero-order valence-electron chi connectivity index (χ0n) is 8.29. The van der Waals surface area contributed by atoms with E-state index < -0.39 is 5.97 Å². The first-order valence-electron chi connectivity index (χ1n) is 4.31. The minimum absolute atomic E-state index is 0.288. The second kappa shape index (κ2) is 4.28. The average molecular weight is 239 g/mol. The molecule has 2 rings (SSSR count). The number of carbonyl (C=O) groups is 1. The molecule has 0 saturated carbocycles. The lowest BCUT2D eigenvalue weighted by molar-refractivity contribution is 0.0600. The van der Waals surface area contributed by atoms with Crippen molar-refractivity contribution in [3.63, 3.8) is 0 Å². The lowest BCUT2D eigenvalue weighted by Gasteiger charge is -2.04. The normalized spacial score (nSPS) is 10.1. The molecular weight excluding hydrogens is 232 g/mol. The maximum Gasteiger partial charge on any atom is 0.339 e. The standard InChI is InChI=1S/C9H7ClN4O2/c1-16-9(15)6-2-7(10)8(12-3-6)14-5-11-4-13-14/h2-5H,1H3. The summed E-state index contributed by atoms with van der Waals surface area (Å²) in [5.41, 5.74) is 0.288. The Morgan fingerprint density at radius 3 is 2.94 bits per heavy atom. The van der Waals surface area contributed by atoms with E-state index in [1.54, 1.807) is 0 Å². The van der Waals surface area contributed by atoms with Crippen LogP contribution < -0.4 is 0 Å². The minimum Gasteiger partial charge on any atom is -0.465 e. The van der Waals surface area contributed by atoms with Gasteiger partial charge < -0.3 is 4.74 Å². The molecule has 0 aromatic carbocycles. The van der Waals surface area contributed by atoms with Gasteiger partial charge in [-0.25, -0.2) is 19.4 Å². The lowest BCUT2D eigenvalue weighted by Crippen LogP contribution is -2.05. The van der Waals surface area contributed by atoms with E-state index in [-0.39, 0.29) is 5.56 Å². The van der Waals surface area contributed by atoms with Gasteiger partial charge in [0.1, 0.15) is 12.7 Å². The Balaban J connectivity index is 2.41. The summed E-state index contributed by atoms with van der Waals surface area (Å²) in [6.45, 7) is 0. The van der Waals surface area contributed by atoms with Crippen molar-refractivity contribution in [2.24, 2.45) is 0 Å². The highest BCUT2D eigenvalue weighted by Gasteiger charge is 2.11. The Bertz CT molecular complexity index is 512. The Kier molecular flexibility index (Phi) is 2.82. The topological polar surface area (TPSA) is 69.9 Å². The van der Waals surface area contributed by atoms with Crippen molar-refractivity contribution in [1.29, 1.82) is 0 Å². The largest absolute Gasteiger partial charge is 0.465 e. The van der Waals surface area contributed by atoms with Gasteiger partial charge in [0, 0.05) is 6.20 Å². The van der Waals surface area contributed by atoms with E-state index in [9.17, 15) is 4.79 Å². The number of nitrogens with zero attached hydrogens (tertiary/aromatic N) is 4. The summed E-state index contributed by atoms with van der Waals surface area (Å²) in [6, 6.07) is 1.47. The van der Waals surface area contributed by atoms with Crippen LogP contribution in [0.15, 0.2) is 24.9 Å². The van der Waals surface area contributed by atoms with Crippen molar-refractivity contribution in [1.82, 2.24) is 19.7 Å². The molecule has 0 unspecified atom stereocenters. The molecule has 7 heteroatoms. The van der Waals surface area contributed by atoms with Crippen LogP contribution in [0.5, 0.6) is 0 Å². The van der Waals surface area contributed by atoms with E-state index in [2.05, 4.69) is 19.8 Å². The van der Waals surface area contributed by atoms with Gasteiger partial charge in [0.15, 0.2) is 5.82 Å². The number of aromatic nitrogens is 4. The van der Waals surface area contributed by atoms with Crippen molar-refractivity contribution in [2.75, 3.05) is 7.11 Å². The summed E-state index contributed by atoms with van der Waals surface area (Å²) in [5, 5.41) is 4.18. The quantitative estimate of drug-likeness (QED) is 0.733. The Morgan fingerprint density at radius 2 is 2.38 bits per heavy atom. The summed E-state index contributed by atoms with van der Waals surface area (Å²) in [7, 11) is 1.29. The molecule has 0 aliphatic rings. The van der Waals surface area contributed by atoms with Crippen LogP contribution in [-0.4, -0.2) is 32.8 Å². The van der Waals surface area contributed by atoms with Crippen LogP contribution in [0.3, 0.4) is 0 Å². The molecular formula is C9H7ClN4O2. The van der Waals surface area contributed by atoms with Gasteiger partial charge in [0.2, 0.25) is 0 Å². The predicted octanol–water partition coefficient (Wildman–Crippen LogP) is 1.10. The van der Waals surface area contributed by atoms with Gasteiger partial charge >= 0.3 is 5.97 Å². The van der Waals surface area contributed by atoms with Gasteiger partial charge in [-0.3, -0.25) is 0 Å². The summed E-state index contributed by atoms with van der Waals surface area (Å²) in [4.78, 5) is 19.0. The fourth-order valence-corrected chi connectivity index (χ4v) is 1.40. The number of hydrogen-bond donors (Lipinski definition) is 0. The second-order valence-corrected chi connectivity index (χ2v) is 3.27. The number of esters is 1. The lowest BCUT2D eigenvalue weighted by atomic mass is 10.3. The van der Waals surface area contributed by atoms with Crippen molar-refractivity contribution >= 4 is 17.6 Å². The highest BCUT2D eigenvalue weighted by Crippen LogP contribution is 2.18. The molecule has 0 amide bonds. The number of carbonyl (C=O) groups excluding carboxylic acids is 1. The highest BCUT2D eigenvalue weighted by atomic mass is 35.5. The van der Waals surface area contributed by atoms with Gasteiger partial charge in [-0.1, -0.05) is 11.6 Å². The first-order chi connectivity index (χ1) is 7.72. The maximum atomic E-state index is 11.2. The third-order valence-corrected chi connectivity index (χ3v) is 2.16. The molecule has 2 aromatic heterocycles. The molecule has 0 spiro atoms. The van der Waals surface area contributed by atoms with Gasteiger partial charge in [-0.2, -0.15) is 5.10 Å². The molecule has 0 aliphatic heterocycles. The monoisotopic (exact) mass is 238 g/mol. The van der Waals surface area contributed by atoms with Crippen molar-refractivity contribution < 1.29 is 9.53 Å². The first kappa shape index (κ1) is 10.6. The molecule has 0 saturated heterocycles. The molecule has 6 nitrogen and oxygen atoms in total. The van der Waals surface area contributed by atoms with Crippen LogP contribution >= 0.6 is 11.6 Å².